The lowest BCUT2D eigenvalue weighted by molar-refractivity contribution is 0.0226. The number of esters is 1. The Labute approximate surface area is 286 Å². The van der Waals surface area contributed by atoms with Gasteiger partial charge < -0.3 is 20.1 Å². The van der Waals surface area contributed by atoms with E-state index in [4.69, 9.17) is 9.47 Å². The first-order valence-corrected chi connectivity index (χ1v) is 18.4. The molecule has 1 saturated carbocycles. The van der Waals surface area contributed by atoms with Crippen molar-refractivity contribution >= 4 is 23.0 Å². The Balaban J connectivity index is 1.18. The third-order valence-electron chi connectivity index (χ3n) is 10.7. The van der Waals surface area contributed by atoms with E-state index in [-0.39, 0.29) is 5.97 Å². The molecule has 1 aliphatic carbocycles. The van der Waals surface area contributed by atoms with E-state index in [1.807, 2.05) is 48.5 Å². The summed E-state index contributed by atoms with van der Waals surface area (Å²) < 4.78 is 13.3. The average molecular weight is 643 g/mol. The van der Waals surface area contributed by atoms with E-state index in [1.54, 1.807) is 0 Å². The molecular formula is C43H50N2O3. The summed E-state index contributed by atoms with van der Waals surface area (Å²) in [7, 11) is 0. The van der Waals surface area contributed by atoms with Crippen molar-refractivity contribution in [3.63, 3.8) is 0 Å². The summed E-state index contributed by atoms with van der Waals surface area (Å²) in [6, 6.07) is 28.8. The van der Waals surface area contributed by atoms with Crippen LogP contribution in [0.1, 0.15) is 123 Å². The number of hydrogen-bond acceptors (Lipinski definition) is 5. The first kappa shape index (κ1) is 32.3. The second-order valence-corrected chi connectivity index (χ2v) is 14.2. The molecule has 3 atom stereocenters. The summed E-state index contributed by atoms with van der Waals surface area (Å²) in [6.07, 6.45) is 17.1. The van der Waals surface area contributed by atoms with E-state index in [9.17, 15) is 4.79 Å². The fourth-order valence-electron chi connectivity index (χ4n) is 8.28. The SMILES string of the molecule is CCCCCCCCCCC1CCCC(Nc2cccc3c2C2(OC(=O)c4ccccc42)c2cc(Nc4ccccc4)c(C)cc2O3)C1. The largest absolute Gasteiger partial charge is 0.456 e. The van der Waals surface area contributed by atoms with Crippen molar-refractivity contribution in [2.75, 3.05) is 10.6 Å². The van der Waals surface area contributed by atoms with Gasteiger partial charge in [0.05, 0.1) is 11.1 Å². The van der Waals surface area contributed by atoms with Crippen LogP contribution in [0.4, 0.5) is 17.1 Å². The van der Waals surface area contributed by atoms with Crippen LogP contribution in [0.5, 0.6) is 11.5 Å². The van der Waals surface area contributed by atoms with Crippen molar-refractivity contribution in [1.29, 1.82) is 0 Å². The predicted octanol–water partition coefficient (Wildman–Crippen LogP) is 11.8. The zero-order valence-electron chi connectivity index (χ0n) is 28.7. The van der Waals surface area contributed by atoms with Crippen LogP contribution in [0, 0.1) is 12.8 Å². The minimum absolute atomic E-state index is 0.305. The Kier molecular flexibility index (Phi) is 9.74. The van der Waals surface area contributed by atoms with Crippen molar-refractivity contribution in [1.82, 2.24) is 0 Å². The molecule has 2 heterocycles. The highest BCUT2D eigenvalue weighted by Crippen LogP contribution is 2.59. The number of unbranched alkanes of at least 4 members (excludes halogenated alkanes) is 7. The number of fused-ring (bicyclic) bond motifs is 6. The standard InChI is InChI=1S/C43H50N2O3/c1-3-4-5-6-7-8-9-11-18-31-19-16-22-33(28-31)45-37-25-17-26-39-41(37)43(35-24-15-14-23-34(35)42(46)48-43)36-29-38(30(2)27-40(36)47-39)44-32-20-12-10-13-21-32/h10,12-15,17,20-21,23-27,29,31,33,44-45H,3-9,11,16,18-19,22,28H2,1-2H3. The normalized spacial score (nSPS) is 20.8. The minimum atomic E-state index is -1.13. The maximum absolute atomic E-state index is 13.7. The topological polar surface area (TPSA) is 59.6 Å². The number of nitrogens with one attached hydrogen (secondary N) is 2. The van der Waals surface area contributed by atoms with E-state index in [0.717, 1.165) is 57.4 Å². The number of benzene rings is 4. The van der Waals surface area contributed by atoms with Gasteiger partial charge in [0.1, 0.15) is 11.5 Å². The summed E-state index contributed by atoms with van der Waals surface area (Å²) in [5, 5.41) is 7.57. The molecule has 0 aromatic heterocycles. The summed E-state index contributed by atoms with van der Waals surface area (Å²) in [6.45, 7) is 4.37. The van der Waals surface area contributed by atoms with E-state index >= 15 is 0 Å². The molecule has 7 rings (SSSR count). The minimum Gasteiger partial charge on any atom is -0.456 e. The van der Waals surface area contributed by atoms with E-state index in [2.05, 4.69) is 60.9 Å². The van der Waals surface area contributed by atoms with E-state index in [0.29, 0.717) is 17.4 Å². The number of carbonyl (C=O) groups is 1. The van der Waals surface area contributed by atoms with Gasteiger partial charge in [-0.25, -0.2) is 4.79 Å². The monoisotopic (exact) mass is 642 g/mol. The summed E-state index contributed by atoms with van der Waals surface area (Å²) in [5.41, 5.74) is 6.04. The molecule has 4 aromatic rings. The number of aryl methyl sites for hydroxylation is 1. The number of hydrogen-bond donors (Lipinski definition) is 2. The molecule has 2 N–H and O–H groups in total. The number of para-hydroxylation sites is 1. The first-order chi connectivity index (χ1) is 23.6. The molecule has 250 valence electrons. The van der Waals surface area contributed by atoms with Gasteiger partial charge in [-0.15, -0.1) is 0 Å². The second-order valence-electron chi connectivity index (χ2n) is 14.2. The van der Waals surface area contributed by atoms with Crippen LogP contribution in [-0.2, 0) is 10.3 Å². The smallest absolute Gasteiger partial charge is 0.340 e. The zero-order chi connectivity index (χ0) is 32.9. The predicted molar refractivity (Wildman–Crippen MR) is 196 cm³/mol. The lowest BCUT2D eigenvalue weighted by Gasteiger charge is -2.39. The third-order valence-corrected chi connectivity index (χ3v) is 10.7. The van der Waals surface area contributed by atoms with Gasteiger partial charge in [0.2, 0.25) is 0 Å². The van der Waals surface area contributed by atoms with Crippen LogP contribution in [0.3, 0.4) is 0 Å². The highest BCUT2D eigenvalue weighted by Gasteiger charge is 2.55. The molecule has 1 fully saturated rings. The molecule has 2 aliphatic heterocycles. The molecule has 0 bridgehead atoms. The van der Waals surface area contributed by atoms with Crippen LogP contribution in [0.25, 0.3) is 0 Å². The molecule has 4 aromatic carbocycles. The average Bonchev–Trinajstić information content (AvgIpc) is 3.39. The molecule has 5 nitrogen and oxygen atoms in total. The molecule has 1 spiro atoms. The Morgan fingerprint density at radius 3 is 2.38 bits per heavy atom. The maximum atomic E-state index is 13.7. The van der Waals surface area contributed by atoms with Gasteiger partial charge in [-0.1, -0.05) is 120 Å². The van der Waals surface area contributed by atoms with Crippen molar-refractivity contribution in [3.05, 3.63) is 113 Å². The number of ether oxygens (including phenoxy) is 2. The molecule has 5 heteroatoms. The molecule has 0 radical (unpaired) electrons. The summed E-state index contributed by atoms with van der Waals surface area (Å²) in [4.78, 5) is 13.7. The molecule has 48 heavy (non-hydrogen) atoms. The van der Waals surface area contributed by atoms with Gasteiger partial charge in [0.25, 0.3) is 0 Å². The van der Waals surface area contributed by atoms with Crippen molar-refractivity contribution in [3.8, 4) is 11.5 Å². The van der Waals surface area contributed by atoms with Crippen LogP contribution in [0.15, 0.2) is 84.9 Å². The van der Waals surface area contributed by atoms with Crippen LogP contribution in [0.2, 0.25) is 0 Å². The Morgan fingerprint density at radius 1 is 0.771 bits per heavy atom. The highest BCUT2D eigenvalue weighted by molar-refractivity contribution is 5.97. The van der Waals surface area contributed by atoms with Gasteiger partial charge in [0, 0.05) is 34.2 Å². The van der Waals surface area contributed by atoms with Gasteiger partial charge in [-0.3, -0.25) is 0 Å². The molecular weight excluding hydrogens is 592 g/mol. The van der Waals surface area contributed by atoms with Crippen molar-refractivity contribution in [2.45, 2.75) is 109 Å². The van der Waals surface area contributed by atoms with Crippen LogP contribution >= 0.6 is 0 Å². The molecule has 0 saturated heterocycles. The Bertz CT molecular complexity index is 1730. The number of rotatable bonds is 13. The fraction of sp³-hybridized carbons (Fsp3) is 0.419. The van der Waals surface area contributed by atoms with Gasteiger partial charge in [-0.2, -0.15) is 0 Å². The summed E-state index contributed by atoms with van der Waals surface area (Å²) >= 11 is 0. The second kappa shape index (κ2) is 14.5. The zero-order valence-corrected chi connectivity index (χ0v) is 28.7. The van der Waals surface area contributed by atoms with E-state index in [1.165, 1.54) is 77.0 Å². The number of anilines is 3. The first-order valence-electron chi connectivity index (χ1n) is 18.4. The number of carbonyl (C=O) groups excluding carboxylic acids is 1. The van der Waals surface area contributed by atoms with Crippen molar-refractivity contribution in [2.24, 2.45) is 5.92 Å². The van der Waals surface area contributed by atoms with Gasteiger partial charge in [0.15, 0.2) is 5.60 Å². The Hall–Kier alpha value is -4.25. The molecule has 3 aliphatic rings. The van der Waals surface area contributed by atoms with Crippen molar-refractivity contribution < 1.29 is 14.3 Å². The van der Waals surface area contributed by atoms with Gasteiger partial charge >= 0.3 is 5.97 Å². The fourth-order valence-corrected chi connectivity index (χ4v) is 8.28. The molecule has 3 unspecified atom stereocenters. The lowest BCUT2D eigenvalue weighted by atomic mass is 9.76. The highest BCUT2D eigenvalue weighted by atomic mass is 16.6. The molecule has 0 amide bonds. The maximum Gasteiger partial charge on any atom is 0.340 e. The lowest BCUT2D eigenvalue weighted by Crippen LogP contribution is -2.35. The third kappa shape index (κ3) is 6.44. The van der Waals surface area contributed by atoms with Crippen LogP contribution < -0.4 is 15.4 Å². The van der Waals surface area contributed by atoms with Crippen LogP contribution in [-0.4, -0.2) is 12.0 Å². The van der Waals surface area contributed by atoms with Gasteiger partial charge in [-0.05, 0) is 73.7 Å². The Morgan fingerprint density at radius 2 is 1.54 bits per heavy atom. The van der Waals surface area contributed by atoms with E-state index < -0.39 is 5.60 Å². The summed E-state index contributed by atoms with van der Waals surface area (Å²) in [5.74, 6) is 1.89. The quantitative estimate of drug-likeness (QED) is 0.112.